The summed E-state index contributed by atoms with van der Waals surface area (Å²) in [5, 5.41) is 4.09. The normalized spacial score (nSPS) is 17.2. The third kappa shape index (κ3) is 4.30. The number of nitrogens with zero attached hydrogens (tertiary/aromatic N) is 1. The van der Waals surface area contributed by atoms with E-state index in [0.29, 0.717) is 6.42 Å². The standard InChI is InChI=1S/C15H21ClN2O/c1-12-11-13(3-4-14(12)16)15(19)5-9-18-8-2-6-17-7-10-18/h3-4,11,17H,2,5-10H2,1H3. The van der Waals surface area contributed by atoms with Gasteiger partial charge in [-0.2, -0.15) is 0 Å². The minimum absolute atomic E-state index is 0.206. The highest BCUT2D eigenvalue weighted by Gasteiger charge is 2.12. The highest BCUT2D eigenvalue weighted by atomic mass is 35.5. The number of Topliss-reactive ketones (excluding diaryl/α,β-unsaturated/α-hetero) is 1. The Morgan fingerprint density at radius 2 is 2.21 bits per heavy atom. The lowest BCUT2D eigenvalue weighted by Crippen LogP contribution is -2.30. The number of rotatable bonds is 4. The van der Waals surface area contributed by atoms with Crippen molar-refractivity contribution in [1.82, 2.24) is 10.2 Å². The van der Waals surface area contributed by atoms with Gasteiger partial charge in [0.15, 0.2) is 5.78 Å². The Balaban J connectivity index is 1.87. The van der Waals surface area contributed by atoms with Crippen molar-refractivity contribution in [3.05, 3.63) is 34.3 Å². The Hall–Kier alpha value is -0.900. The first-order valence-corrected chi connectivity index (χ1v) is 7.27. The molecule has 1 N–H and O–H groups in total. The summed E-state index contributed by atoms with van der Waals surface area (Å²) in [6.07, 6.45) is 1.75. The van der Waals surface area contributed by atoms with Crippen LogP contribution in [0.4, 0.5) is 0 Å². The summed E-state index contributed by atoms with van der Waals surface area (Å²) in [6.45, 7) is 7.00. The third-order valence-corrected chi connectivity index (χ3v) is 3.99. The zero-order chi connectivity index (χ0) is 13.7. The molecule has 1 aliphatic heterocycles. The lowest BCUT2D eigenvalue weighted by Gasteiger charge is -2.18. The summed E-state index contributed by atoms with van der Waals surface area (Å²) in [7, 11) is 0. The molecule has 0 spiro atoms. The van der Waals surface area contributed by atoms with E-state index < -0.39 is 0 Å². The number of aryl methyl sites for hydroxylation is 1. The fraction of sp³-hybridized carbons (Fsp3) is 0.533. The van der Waals surface area contributed by atoms with E-state index in [2.05, 4.69) is 10.2 Å². The van der Waals surface area contributed by atoms with Gasteiger partial charge >= 0.3 is 0 Å². The van der Waals surface area contributed by atoms with Crippen LogP contribution in [0.5, 0.6) is 0 Å². The average Bonchev–Trinajstić information content (AvgIpc) is 2.67. The second-order valence-electron chi connectivity index (χ2n) is 5.08. The highest BCUT2D eigenvalue weighted by Crippen LogP contribution is 2.17. The molecule has 1 aromatic carbocycles. The van der Waals surface area contributed by atoms with Crippen LogP contribution in [0.3, 0.4) is 0 Å². The van der Waals surface area contributed by atoms with Crippen molar-refractivity contribution < 1.29 is 4.79 Å². The lowest BCUT2D eigenvalue weighted by molar-refractivity contribution is 0.0965. The number of benzene rings is 1. The zero-order valence-corrected chi connectivity index (χ0v) is 12.2. The number of ketones is 1. The molecule has 2 rings (SSSR count). The van der Waals surface area contributed by atoms with Crippen LogP contribution < -0.4 is 5.32 Å². The summed E-state index contributed by atoms with van der Waals surface area (Å²) < 4.78 is 0. The lowest BCUT2D eigenvalue weighted by atomic mass is 10.1. The van der Waals surface area contributed by atoms with Gasteiger partial charge in [0.2, 0.25) is 0 Å². The number of hydrogen-bond acceptors (Lipinski definition) is 3. The summed E-state index contributed by atoms with van der Waals surface area (Å²) in [4.78, 5) is 14.5. The van der Waals surface area contributed by atoms with E-state index >= 15 is 0 Å². The number of hydrogen-bond donors (Lipinski definition) is 1. The maximum Gasteiger partial charge on any atom is 0.164 e. The average molecular weight is 281 g/mol. The molecule has 1 aromatic rings. The molecular formula is C15H21ClN2O. The van der Waals surface area contributed by atoms with Crippen LogP contribution >= 0.6 is 11.6 Å². The third-order valence-electron chi connectivity index (χ3n) is 3.57. The summed E-state index contributed by atoms with van der Waals surface area (Å²) >= 11 is 5.98. The predicted octanol–water partition coefficient (Wildman–Crippen LogP) is 2.52. The molecular weight excluding hydrogens is 260 g/mol. The molecule has 1 heterocycles. The first-order chi connectivity index (χ1) is 9.16. The van der Waals surface area contributed by atoms with Gasteiger partial charge in [0.25, 0.3) is 0 Å². The fourth-order valence-corrected chi connectivity index (χ4v) is 2.46. The van der Waals surface area contributed by atoms with Crippen molar-refractivity contribution in [3.8, 4) is 0 Å². The van der Waals surface area contributed by atoms with E-state index in [1.165, 1.54) is 0 Å². The molecule has 0 atom stereocenters. The number of halogens is 1. The van der Waals surface area contributed by atoms with E-state index in [1.54, 1.807) is 6.07 Å². The number of carbonyl (C=O) groups excluding carboxylic acids is 1. The van der Waals surface area contributed by atoms with Gasteiger partial charge in [0, 0.05) is 36.6 Å². The first kappa shape index (κ1) is 14.5. The summed E-state index contributed by atoms with van der Waals surface area (Å²) in [5.74, 6) is 0.206. The van der Waals surface area contributed by atoms with Crippen molar-refractivity contribution in [3.63, 3.8) is 0 Å². The zero-order valence-electron chi connectivity index (χ0n) is 11.4. The monoisotopic (exact) mass is 280 g/mol. The second-order valence-corrected chi connectivity index (χ2v) is 5.49. The van der Waals surface area contributed by atoms with E-state index in [1.807, 2.05) is 19.1 Å². The molecule has 1 fully saturated rings. The van der Waals surface area contributed by atoms with Gasteiger partial charge < -0.3 is 10.2 Å². The topological polar surface area (TPSA) is 32.3 Å². The molecule has 1 aliphatic rings. The molecule has 19 heavy (non-hydrogen) atoms. The Morgan fingerprint density at radius 1 is 1.37 bits per heavy atom. The van der Waals surface area contributed by atoms with Crippen LogP contribution in [0.1, 0.15) is 28.8 Å². The molecule has 0 aliphatic carbocycles. The highest BCUT2D eigenvalue weighted by molar-refractivity contribution is 6.31. The molecule has 4 heteroatoms. The van der Waals surface area contributed by atoms with Crippen LogP contribution in [-0.4, -0.2) is 43.4 Å². The molecule has 104 valence electrons. The van der Waals surface area contributed by atoms with Crippen LogP contribution in [0.15, 0.2) is 18.2 Å². The Morgan fingerprint density at radius 3 is 3.00 bits per heavy atom. The van der Waals surface area contributed by atoms with E-state index in [9.17, 15) is 4.79 Å². The van der Waals surface area contributed by atoms with E-state index in [-0.39, 0.29) is 5.78 Å². The van der Waals surface area contributed by atoms with Crippen molar-refractivity contribution in [2.75, 3.05) is 32.7 Å². The van der Waals surface area contributed by atoms with Gasteiger partial charge in [0.05, 0.1) is 0 Å². The Bertz CT molecular complexity index is 440. The first-order valence-electron chi connectivity index (χ1n) is 6.89. The largest absolute Gasteiger partial charge is 0.315 e. The van der Waals surface area contributed by atoms with Gasteiger partial charge in [-0.3, -0.25) is 4.79 Å². The van der Waals surface area contributed by atoms with Crippen molar-refractivity contribution >= 4 is 17.4 Å². The SMILES string of the molecule is Cc1cc(C(=O)CCN2CCCNCC2)ccc1Cl. The molecule has 0 radical (unpaired) electrons. The van der Waals surface area contributed by atoms with Crippen LogP contribution in [0.25, 0.3) is 0 Å². The van der Waals surface area contributed by atoms with E-state index in [0.717, 1.165) is 55.3 Å². The Kier molecular flexibility index (Phi) is 5.37. The quantitative estimate of drug-likeness (QED) is 0.860. The second kappa shape index (κ2) is 7.04. The van der Waals surface area contributed by atoms with Crippen LogP contribution in [-0.2, 0) is 0 Å². The van der Waals surface area contributed by atoms with Gasteiger partial charge in [-0.05, 0) is 50.2 Å². The smallest absolute Gasteiger partial charge is 0.164 e. The minimum atomic E-state index is 0.206. The maximum atomic E-state index is 12.2. The van der Waals surface area contributed by atoms with Crippen molar-refractivity contribution in [1.29, 1.82) is 0 Å². The van der Waals surface area contributed by atoms with Crippen LogP contribution in [0.2, 0.25) is 5.02 Å². The van der Waals surface area contributed by atoms with Crippen molar-refractivity contribution in [2.45, 2.75) is 19.8 Å². The van der Waals surface area contributed by atoms with E-state index in [4.69, 9.17) is 11.6 Å². The molecule has 0 bridgehead atoms. The van der Waals surface area contributed by atoms with Gasteiger partial charge in [-0.15, -0.1) is 0 Å². The molecule has 0 aromatic heterocycles. The maximum absolute atomic E-state index is 12.2. The van der Waals surface area contributed by atoms with Crippen LogP contribution in [0, 0.1) is 6.92 Å². The van der Waals surface area contributed by atoms with Gasteiger partial charge in [-0.25, -0.2) is 0 Å². The number of nitrogens with one attached hydrogen (secondary N) is 1. The molecule has 0 amide bonds. The fourth-order valence-electron chi connectivity index (χ4n) is 2.35. The van der Waals surface area contributed by atoms with Crippen molar-refractivity contribution in [2.24, 2.45) is 0 Å². The predicted molar refractivity (Wildman–Crippen MR) is 79.1 cm³/mol. The molecule has 0 saturated carbocycles. The molecule has 1 saturated heterocycles. The van der Waals surface area contributed by atoms with Gasteiger partial charge in [-0.1, -0.05) is 11.6 Å². The Labute approximate surface area is 119 Å². The summed E-state index contributed by atoms with van der Waals surface area (Å²) in [5.41, 5.74) is 1.74. The summed E-state index contributed by atoms with van der Waals surface area (Å²) in [6, 6.07) is 5.51. The number of carbonyl (C=O) groups is 1. The van der Waals surface area contributed by atoms with Gasteiger partial charge in [0.1, 0.15) is 0 Å². The molecule has 3 nitrogen and oxygen atoms in total. The minimum Gasteiger partial charge on any atom is -0.315 e. The molecule has 0 unspecified atom stereocenters.